The third-order valence-corrected chi connectivity index (χ3v) is 3.38. The van der Waals surface area contributed by atoms with Gasteiger partial charge in [-0.3, -0.25) is 4.79 Å². The topological polar surface area (TPSA) is 50.7 Å². The minimum absolute atomic E-state index is 0.349. The highest BCUT2D eigenvalue weighted by atomic mass is 35.5. The van der Waals surface area contributed by atoms with Crippen molar-refractivity contribution in [2.24, 2.45) is 5.10 Å². The molecule has 0 aliphatic heterocycles. The summed E-state index contributed by atoms with van der Waals surface area (Å²) in [5.74, 6) is 0.0936. The third kappa shape index (κ3) is 3.86. The minimum Gasteiger partial charge on any atom is -0.496 e. The van der Waals surface area contributed by atoms with Crippen LogP contribution in [0.15, 0.2) is 53.6 Å². The van der Waals surface area contributed by atoms with E-state index in [-0.39, 0.29) is 5.91 Å². The molecule has 0 unspecified atom stereocenters. The molecule has 2 rings (SSSR count). The van der Waals surface area contributed by atoms with Crippen LogP contribution in [0.1, 0.15) is 29.3 Å². The highest BCUT2D eigenvalue weighted by Gasteiger charge is 2.12. The van der Waals surface area contributed by atoms with Gasteiger partial charge in [0, 0.05) is 5.02 Å². The Balaban J connectivity index is 2.21. The maximum Gasteiger partial charge on any atom is 0.275 e. The van der Waals surface area contributed by atoms with Crippen molar-refractivity contribution in [2.45, 2.75) is 13.3 Å². The Morgan fingerprint density at radius 3 is 2.59 bits per heavy atom. The number of nitrogens with zero attached hydrogens (tertiary/aromatic N) is 1. The highest BCUT2D eigenvalue weighted by Crippen LogP contribution is 2.22. The first-order valence-electron chi connectivity index (χ1n) is 6.91. The van der Waals surface area contributed by atoms with Crippen molar-refractivity contribution in [3.63, 3.8) is 0 Å². The van der Waals surface area contributed by atoms with E-state index in [1.54, 1.807) is 18.2 Å². The van der Waals surface area contributed by atoms with Gasteiger partial charge in [-0.2, -0.15) is 5.10 Å². The number of ether oxygens (including phenoxy) is 1. The lowest BCUT2D eigenvalue weighted by molar-refractivity contribution is 0.0952. The number of rotatable bonds is 5. The lowest BCUT2D eigenvalue weighted by atomic mass is 10.1. The number of carbonyl (C=O) groups excluding carboxylic acids is 1. The number of hydrogen-bond donors (Lipinski definition) is 1. The second kappa shape index (κ2) is 7.61. The number of methoxy groups -OCH3 is 1. The van der Waals surface area contributed by atoms with Gasteiger partial charge in [-0.1, -0.05) is 48.9 Å². The van der Waals surface area contributed by atoms with Gasteiger partial charge in [0.05, 0.1) is 18.4 Å². The Morgan fingerprint density at radius 2 is 1.95 bits per heavy atom. The summed E-state index contributed by atoms with van der Waals surface area (Å²) in [5.41, 5.74) is 4.69. The molecule has 0 saturated carbocycles. The van der Waals surface area contributed by atoms with Crippen LogP contribution < -0.4 is 10.2 Å². The molecule has 0 aromatic heterocycles. The molecule has 0 bridgehead atoms. The largest absolute Gasteiger partial charge is 0.496 e. The summed E-state index contributed by atoms with van der Waals surface area (Å²) in [5, 5.41) is 4.68. The summed E-state index contributed by atoms with van der Waals surface area (Å²) in [4.78, 5) is 12.3. The predicted octanol–water partition coefficient (Wildman–Crippen LogP) is 3.89. The second-order valence-electron chi connectivity index (χ2n) is 4.56. The Hall–Kier alpha value is -2.33. The minimum atomic E-state index is -0.360. The highest BCUT2D eigenvalue weighted by molar-refractivity contribution is 6.31. The summed E-state index contributed by atoms with van der Waals surface area (Å²) >= 11 is 5.93. The number of hydrogen-bond acceptors (Lipinski definition) is 3. The lowest BCUT2D eigenvalue weighted by Crippen LogP contribution is -2.20. The normalized spacial score (nSPS) is 11.1. The SMILES string of the molecule is CC/C(=N\NC(=O)c1cc(Cl)ccc1OC)c1ccccc1. The van der Waals surface area contributed by atoms with E-state index < -0.39 is 0 Å². The van der Waals surface area contributed by atoms with Gasteiger partial charge in [0.1, 0.15) is 5.75 Å². The molecule has 22 heavy (non-hydrogen) atoms. The Morgan fingerprint density at radius 1 is 1.23 bits per heavy atom. The molecule has 114 valence electrons. The van der Waals surface area contributed by atoms with Crippen molar-refractivity contribution in [2.75, 3.05) is 7.11 Å². The molecule has 0 aliphatic rings. The fourth-order valence-electron chi connectivity index (χ4n) is 2.01. The molecule has 0 radical (unpaired) electrons. The quantitative estimate of drug-likeness (QED) is 0.672. The van der Waals surface area contributed by atoms with Crippen LogP contribution in [0, 0.1) is 0 Å². The molecule has 0 aliphatic carbocycles. The van der Waals surface area contributed by atoms with Gasteiger partial charge in [-0.05, 0) is 30.2 Å². The fourth-order valence-corrected chi connectivity index (χ4v) is 2.19. The second-order valence-corrected chi connectivity index (χ2v) is 5.00. The number of hydrazone groups is 1. The lowest BCUT2D eigenvalue weighted by Gasteiger charge is -2.09. The number of benzene rings is 2. The van der Waals surface area contributed by atoms with Crippen LogP contribution in [0.3, 0.4) is 0 Å². The summed E-state index contributed by atoms with van der Waals surface area (Å²) in [6.07, 6.45) is 0.705. The zero-order valence-corrected chi connectivity index (χ0v) is 13.2. The van der Waals surface area contributed by atoms with Crippen LogP contribution in [0.5, 0.6) is 5.75 Å². The molecule has 2 aromatic rings. The van der Waals surface area contributed by atoms with Crippen LogP contribution in [0.25, 0.3) is 0 Å². The summed E-state index contributed by atoms with van der Waals surface area (Å²) in [6, 6.07) is 14.6. The number of nitrogens with one attached hydrogen (secondary N) is 1. The predicted molar refractivity (Wildman–Crippen MR) is 88.7 cm³/mol. The van der Waals surface area contributed by atoms with E-state index >= 15 is 0 Å². The van der Waals surface area contributed by atoms with E-state index in [4.69, 9.17) is 16.3 Å². The molecule has 1 amide bonds. The van der Waals surface area contributed by atoms with Gasteiger partial charge < -0.3 is 4.74 Å². The van der Waals surface area contributed by atoms with Crippen molar-refractivity contribution in [3.05, 3.63) is 64.7 Å². The van der Waals surface area contributed by atoms with Gasteiger partial charge in [0.15, 0.2) is 0 Å². The maximum absolute atomic E-state index is 12.3. The van der Waals surface area contributed by atoms with Gasteiger partial charge in [-0.15, -0.1) is 0 Å². The van der Waals surface area contributed by atoms with Gasteiger partial charge in [0.2, 0.25) is 0 Å². The fraction of sp³-hybridized carbons (Fsp3) is 0.176. The first kappa shape index (κ1) is 16.0. The smallest absolute Gasteiger partial charge is 0.275 e. The van der Waals surface area contributed by atoms with Gasteiger partial charge in [0.25, 0.3) is 5.91 Å². The maximum atomic E-state index is 12.3. The molecule has 5 heteroatoms. The van der Waals surface area contributed by atoms with Crippen molar-refractivity contribution >= 4 is 23.2 Å². The van der Waals surface area contributed by atoms with E-state index in [1.807, 2.05) is 37.3 Å². The van der Waals surface area contributed by atoms with Crippen molar-refractivity contribution in [3.8, 4) is 5.75 Å². The van der Waals surface area contributed by atoms with Crippen LogP contribution in [0.2, 0.25) is 5.02 Å². The van der Waals surface area contributed by atoms with E-state index in [9.17, 15) is 4.79 Å². The standard InChI is InChI=1S/C17H17ClN2O2/c1-3-15(12-7-5-4-6-8-12)19-20-17(21)14-11-13(18)9-10-16(14)22-2/h4-11H,3H2,1-2H3,(H,20,21)/b19-15+. The monoisotopic (exact) mass is 316 g/mol. The first-order chi connectivity index (χ1) is 10.7. The number of carbonyl (C=O) groups is 1. The average Bonchev–Trinajstić information content (AvgIpc) is 2.56. The molecule has 0 fully saturated rings. The molecule has 2 aromatic carbocycles. The Kier molecular flexibility index (Phi) is 5.55. The van der Waals surface area contributed by atoms with E-state index in [0.717, 1.165) is 11.3 Å². The zero-order chi connectivity index (χ0) is 15.9. The van der Waals surface area contributed by atoms with E-state index in [2.05, 4.69) is 10.5 Å². The summed E-state index contributed by atoms with van der Waals surface area (Å²) in [7, 11) is 1.50. The molecular formula is C17H17ClN2O2. The van der Waals surface area contributed by atoms with Crippen LogP contribution >= 0.6 is 11.6 Å². The van der Waals surface area contributed by atoms with Gasteiger partial charge >= 0.3 is 0 Å². The third-order valence-electron chi connectivity index (χ3n) is 3.14. The van der Waals surface area contributed by atoms with Crippen molar-refractivity contribution < 1.29 is 9.53 Å². The molecule has 0 atom stereocenters. The Labute approximate surface area is 134 Å². The number of amides is 1. The van der Waals surface area contributed by atoms with Crippen molar-refractivity contribution in [1.29, 1.82) is 0 Å². The summed E-state index contributed by atoms with van der Waals surface area (Å²) < 4.78 is 5.17. The van der Waals surface area contributed by atoms with Crippen LogP contribution in [-0.4, -0.2) is 18.7 Å². The zero-order valence-electron chi connectivity index (χ0n) is 12.5. The summed E-state index contributed by atoms with van der Waals surface area (Å²) in [6.45, 7) is 1.98. The molecule has 1 N–H and O–H groups in total. The number of halogens is 1. The molecule has 0 spiro atoms. The van der Waals surface area contributed by atoms with E-state index in [0.29, 0.717) is 22.8 Å². The molecule has 0 saturated heterocycles. The van der Waals surface area contributed by atoms with Crippen LogP contribution in [0.4, 0.5) is 0 Å². The molecular weight excluding hydrogens is 300 g/mol. The van der Waals surface area contributed by atoms with Gasteiger partial charge in [-0.25, -0.2) is 5.43 Å². The average molecular weight is 317 g/mol. The molecule has 0 heterocycles. The molecule has 4 nitrogen and oxygen atoms in total. The van der Waals surface area contributed by atoms with E-state index in [1.165, 1.54) is 7.11 Å². The first-order valence-corrected chi connectivity index (χ1v) is 7.29. The van der Waals surface area contributed by atoms with Crippen LogP contribution in [-0.2, 0) is 0 Å². The Bertz CT molecular complexity index is 684. The van der Waals surface area contributed by atoms with Crippen molar-refractivity contribution in [1.82, 2.24) is 5.43 Å².